The summed E-state index contributed by atoms with van der Waals surface area (Å²) in [4.78, 5) is 32.9. The number of ether oxygens (including phenoxy) is 1. The van der Waals surface area contributed by atoms with Gasteiger partial charge in [-0.25, -0.2) is 0 Å². The van der Waals surface area contributed by atoms with Crippen LogP contribution in [0.15, 0.2) is 18.2 Å². The number of aryl methyl sites for hydroxylation is 1. The van der Waals surface area contributed by atoms with Crippen LogP contribution in [0.5, 0.6) is 0 Å². The number of carbonyl (C=O) groups is 2. The topological polar surface area (TPSA) is 86.5 Å². The molecule has 0 radical (unpaired) electrons. The van der Waals surface area contributed by atoms with Crippen molar-refractivity contribution in [2.75, 3.05) is 6.61 Å². The van der Waals surface area contributed by atoms with Crippen molar-refractivity contribution in [2.45, 2.75) is 26.7 Å². The van der Waals surface area contributed by atoms with E-state index in [1.165, 1.54) is 25.1 Å². The summed E-state index contributed by atoms with van der Waals surface area (Å²) in [5.41, 5.74) is 0.671. The second-order valence-electron chi connectivity index (χ2n) is 3.96. The maximum atomic E-state index is 11.3. The number of esters is 1. The molecule has 102 valence electrons. The zero-order chi connectivity index (χ0) is 14.4. The van der Waals surface area contributed by atoms with E-state index in [4.69, 9.17) is 4.74 Å². The number of rotatable bonds is 6. The van der Waals surface area contributed by atoms with Crippen LogP contribution in [0.3, 0.4) is 0 Å². The molecule has 0 fully saturated rings. The lowest BCUT2D eigenvalue weighted by Gasteiger charge is -2.05. The molecule has 1 rings (SSSR count). The van der Waals surface area contributed by atoms with Crippen molar-refractivity contribution >= 4 is 17.4 Å². The highest BCUT2D eigenvalue weighted by Gasteiger charge is 2.16. The third-order valence-electron chi connectivity index (χ3n) is 2.59. The fourth-order valence-electron chi connectivity index (χ4n) is 1.65. The first-order chi connectivity index (χ1) is 8.95. The van der Waals surface area contributed by atoms with Crippen LogP contribution in [-0.4, -0.2) is 23.3 Å². The van der Waals surface area contributed by atoms with E-state index in [-0.39, 0.29) is 30.9 Å². The van der Waals surface area contributed by atoms with Crippen LogP contribution >= 0.6 is 0 Å². The Hall–Kier alpha value is -2.24. The van der Waals surface area contributed by atoms with Crippen molar-refractivity contribution in [1.29, 1.82) is 0 Å². The third-order valence-corrected chi connectivity index (χ3v) is 2.59. The minimum Gasteiger partial charge on any atom is -0.466 e. The number of Topliss-reactive ketones (excluding diaryl/α,β-unsaturated/α-hetero) is 1. The molecule has 0 saturated heterocycles. The summed E-state index contributed by atoms with van der Waals surface area (Å²) >= 11 is 0. The highest BCUT2D eigenvalue weighted by atomic mass is 16.6. The molecule has 0 heterocycles. The van der Waals surface area contributed by atoms with E-state index < -0.39 is 10.9 Å². The van der Waals surface area contributed by atoms with Crippen LogP contribution in [-0.2, 0) is 16.0 Å². The lowest BCUT2D eigenvalue weighted by Crippen LogP contribution is -2.07. The molecule has 0 unspecified atom stereocenters. The second-order valence-corrected chi connectivity index (χ2v) is 3.96. The summed E-state index contributed by atoms with van der Waals surface area (Å²) in [5.74, 6) is -0.586. The van der Waals surface area contributed by atoms with E-state index in [1.54, 1.807) is 6.92 Å². The molecule has 0 aliphatic heterocycles. The van der Waals surface area contributed by atoms with Gasteiger partial charge in [-0.05, 0) is 32.4 Å². The highest BCUT2D eigenvalue weighted by molar-refractivity contribution is 5.94. The van der Waals surface area contributed by atoms with E-state index in [0.29, 0.717) is 11.1 Å². The molecule has 0 aliphatic carbocycles. The van der Waals surface area contributed by atoms with Crippen molar-refractivity contribution in [3.8, 4) is 0 Å². The number of carbonyl (C=O) groups excluding carboxylic acids is 2. The standard InChI is InChI=1S/C13H15NO5/c1-3-19-13(16)7-5-11-8-10(9(2)15)4-6-12(11)14(17)18/h4,6,8H,3,5,7H2,1-2H3. The number of hydrogen-bond donors (Lipinski definition) is 0. The maximum Gasteiger partial charge on any atom is 0.306 e. The molecular weight excluding hydrogens is 250 g/mol. The van der Waals surface area contributed by atoms with Crippen molar-refractivity contribution < 1.29 is 19.2 Å². The molecule has 1 aromatic carbocycles. The molecular formula is C13H15NO5. The summed E-state index contributed by atoms with van der Waals surface area (Å²) in [5, 5.41) is 10.9. The Morgan fingerprint density at radius 1 is 1.37 bits per heavy atom. The Labute approximate surface area is 110 Å². The van der Waals surface area contributed by atoms with E-state index in [2.05, 4.69) is 0 Å². The zero-order valence-corrected chi connectivity index (χ0v) is 10.8. The lowest BCUT2D eigenvalue weighted by molar-refractivity contribution is -0.385. The van der Waals surface area contributed by atoms with Crippen LogP contribution in [0.2, 0.25) is 0 Å². The fourth-order valence-corrected chi connectivity index (χ4v) is 1.65. The number of nitrogens with zero attached hydrogens (tertiary/aromatic N) is 1. The molecule has 0 aliphatic rings. The summed E-state index contributed by atoms with van der Waals surface area (Å²) in [6.07, 6.45) is 0.228. The lowest BCUT2D eigenvalue weighted by atomic mass is 10.0. The van der Waals surface area contributed by atoms with Gasteiger partial charge in [0.1, 0.15) is 0 Å². The summed E-state index contributed by atoms with van der Waals surface area (Å²) in [6.45, 7) is 3.35. The normalized spacial score (nSPS) is 10.0. The number of nitro groups is 1. The Morgan fingerprint density at radius 3 is 2.58 bits per heavy atom. The predicted molar refractivity (Wildman–Crippen MR) is 68.1 cm³/mol. The van der Waals surface area contributed by atoms with E-state index in [9.17, 15) is 19.7 Å². The minimum atomic E-state index is -0.523. The van der Waals surface area contributed by atoms with Gasteiger partial charge in [0.25, 0.3) is 5.69 Å². The molecule has 1 aromatic rings. The molecule has 0 spiro atoms. The molecule has 6 nitrogen and oxygen atoms in total. The minimum absolute atomic E-state index is 0.0516. The maximum absolute atomic E-state index is 11.3. The van der Waals surface area contributed by atoms with Crippen LogP contribution < -0.4 is 0 Å². The molecule has 0 saturated carbocycles. The Morgan fingerprint density at radius 2 is 2.05 bits per heavy atom. The molecule has 0 aromatic heterocycles. The predicted octanol–water partition coefficient (Wildman–Crippen LogP) is 2.29. The summed E-state index contributed by atoms with van der Waals surface area (Å²) < 4.78 is 4.77. The van der Waals surface area contributed by atoms with Gasteiger partial charge in [0.2, 0.25) is 0 Å². The zero-order valence-electron chi connectivity index (χ0n) is 10.8. The van der Waals surface area contributed by atoms with E-state index in [0.717, 1.165) is 0 Å². The second kappa shape index (κ2) is 6.63. The van der Waals surface area contributed by atoms with Gasteiger partial charge in [0.15, 0.2) is 5.78 Å². The first kappa shape index (κ1) is 14.8. The van der Waals surface area contributed by atoms with Gasteiger partial charge in [-0.3, -0.25) is 19.7 Å². The SMILES string of the molecule is CCOC(=O)CCc1cc(C(C)=O)ccc1[N+](=O)[O-]. The molecule has 0 atom stereocenters. The number of benzene rings is 1. The quantitative estimate of drug-likeness (QED) is 0.341. The van der Waals surface area contributed by atoms with Crippen LogP contribution in [0.1, 0.15) is 36.2 Å². The van der Waals surface area contributed by atoms with Gasteiger partial charge in [-0.15, -0.1) is 0 Å². The molecule has 19 heavy (non-hydrogen) atoms. The third kappa shape index (κ3) is 4.17. The number of ketones is 1. The Kier molecular flexibility index (Phi) is 5.17. The average molecular weight is 265 g/mol. The van der Waals surface area contributed by atoms with Crippen LogP contribution in [0.4, 0.5) is 5.69 Å². The van der Waals surface area contributed by atoms with Crippen molar-refractivity contribution in [3.63, 3.8) is 0 Å². The molecule has 0 bridgehead atoms. The molecule has 6 heteroatoms. The first-order valence-corrected chi connectivity index (χ1v) is 5.89. The van der Waals surface area contributed by atoms with Gasteiger partial charge < -0.3 is 4.74 Å². The van der Waals surface area contributed by atoms with Crippen LogP contribution in [0.25, 0.3) is 0 Å². The van der Waals surface area contributed by atoms with E-state index in [1.807, 2.05) is 0 Å². The van der Waals surface area contributed by atoms with Crippen molar-refractivity contribution in [1.82, 2.24) is 0 Å². The largest absolute Gasteiger partial charge is 0.466 e. The van der Waals surface area contributed by atoms with Crippen molar-refractivity contribution in [3.05, 3.63) is 39.4 Å². The first-order valence-electron chi connectivity index (χ1n) is 5.89. The Bertz CT molecular complexity index is 510. The Balaban J connectivity index is 2.94. The van der Waals surface area contributed by atoms with Gasteiger partial charge >= 0.3 is 5.97 Å². The molecule has 0 amide bonds. The van der Waals surface area contributed by atoms with Gasteiger partial charge in [-0.2, -0.15) is 0 Å². The fraction of sp³-hybridized carbons (Fsp3) is 0.385. The number of nitro benzene ring substituents is 1. The highest BCUT2D eigenvalue weighted by Crippen LogP contribution is 2.22. The summed E-state index contributed by atoms with van der Waals surface area (Å²) in [6, 6.07) is 4.16. The van der Waals surface area contributed by atoms with Gasteiger partial charge in [0.05, 0.1) is 11.5 Å². The molecule has 0 N–H and O–H groups in total. The van der Waals surface area contributed by atoms with Gasteiger partial charge in [0, 0.05) is 23.6 Å². The number of hydrogen-bond acceptors (Lipinski definition) is 5. The smallest absolute Gasteiger partial charge is 0.306 e. The summed E-state index contributed by atoms with van der Waals surface area (Å²) in [7, 11) is 0. The van der Waals surface area contributed by atoms with Crippen LogP contribution in [0, 0.1) is 10.1 Å². The monoisotopic (exact) mass is 265 g/mol. The van der Waals surface area contributed by atoms with Gasteiger partial charge in [-0.1, -0.05) is 0 Å². The van der Waals surface area contributed by atoms with Crippen molar-refractivity contribution in [2.24, 2.45) is 0 Å². The average Bonchev–Trinajstić information content (AvgIpc) is 2.36. The van der Waals surface area contributed by atoms with E-state index >= 15 is 0 Å².